The van der Waals surface area contributed by atoms with Crippen LogP contribution in [0.3, 0.4) is 0 Å². The number of aromatic nitrogens is 2. The average molecular weight is 333 g/mol. The van der Waals surface area contributed by atoms with Gasteiger partial charge in [-0.2, -0.15) is 4.98 Å². The summed E-state index contributed by atoms with van der Waals surface area (Å²) in [4.78, 5) is 31.0. The number of thiazole rings is 1. The van der Waals surface area contributed by atoms with Crippen LogP contribution in [0, 0.1) is 0 Å². The van der Waals surface area contributed by atoms with Gasteiger partial charge >= 0.3 is 0 Å². The van der Waals surface area contributed by atoms with Gasteiger partial charge in [0.25, 0.3) is 11.5 Å². The van der Waals surface area contributed by atoms with Gasteiger partial charge in [-0.05, 0) is 32.1 Å². The zero-order valence-electron chi connectivity index (χ0n) is 12.9. The van der Waals surface area contributed by atoms with E-state index < -0.39 is 0 Å². The molecule has 23 heavy (non-hydrogen) atoms. The molecule has 0 N–H and O–H groups in total. The largest absolute Gasteiger partial charge is 0.375 e. The van der Waals surface area contributed by atoms with Crippen LogP contribution < -0.4 is 5.56 Å². The third-order valence-corrected chi connectivity index (χ3v) is 5.66. The third-order valence-electron chi connectivity index (χ3n) is 4.90. The van der Waals surface area contributed by atoms with E-state index in [4.69, 9.17) is 4.74 Å². The predicted octanol–water partition coefficient (Wildman–Crippen LogP) is 1.93. The van der Waals surface area contributed by atoms with Crippen molar-refractivity contribution in [2.45, 2.75) is 37.7 Å². The lowest BCUT2D eigenvalue weighted by Gasteiger charge is -2.27. The lowest BCUT2D eigenvalue weighted by atomic mass is 9.92. The molecule has 2 aliphatic heterocycles. The van der Waals surface area contributed by atoms with Crippen molar-refractivity contribution in [1.29, 1.82) is 0 Å². The Balaban J connectivity index is 1.61. The molecule has 2 saturated heterocycles. The van der Waals surface area contributed by atoms with Gasteiger partial charge in [0.1, 0.15) is 5.69 Å². The fourth-order valence-electron chi connectivity index (χ4n) is 3.70. The topological polar surface area (TPSA) is 63.9 Å². The molecule has 2 aromatic rings. The fourth-order valence-corrected chi connectivity index (χ4v) is 4.42. The second-order valence-electron chi connectivity index (χ2n) is 6.32. The summed E-state index contributed by atoms with van der Waals surface area (Å²) in [7, 11) is 0. The maximum atomic E-state index is 12.9. The van der Waals surface area contributed by atoms with Crippen molar-refractivity contribution in [3.8, 4) is 0 Å². The third kappa shape index (κ3) is 2.68. The maximum Gasteiger partial charge on any atom is 0.274 e. The van der Waals surface area contributed by atoms with Crippen molar-refractivity contribution in [2.24, 2.45) is 0 Å². The number of fused-ring (bicyclic) bond motifs is 1. The molecule has 0 radical (unpaired) electrons. The number of hydrogen-bond acceptors (Lipinski definition) is 5. The number of hydrogen-bond donors (Lipinski definition) is 0. The van der Waals surface area contributed by atoms with E-state index >= 15 is 0 Å². The van der Waals surface area contributed by atoms with Crippen molar-refractivity contribution in [2.75, 3.05) is 19.7 Å². The van der Waals surface area contributed by atoms with Gasteiger partial charge in [-0.3, -0.25) is 14.0 Å². The highest BCUT2D eigenvalue weighted by Gasteiger charge is 2.37. The standard InChI is InChI=1S/C16H19N3O3S/c20-13-11-12(19-8-10-23-15(19)17-13)14(21)18-6-1-3-16(5-7-18)4-2-9-22-16/h8,10-11H,1-7,9H2/t16-/m1/s1. The van der Waals surface area contributed by atoms with Crippen molar-refractivity contribution in [3.05, 3.63) is 33.7 Å². The van der Waals surface area contributed by atoms with E-state index in [2.05, 4.69) is 4.98 Å². The molecule has 7 heteroatoms. The molecule has 0 aromatic carbocycles. The quantitative estimate of drug-likeness (QED) is 0.800. The summed E-state index contributed by atoms with van der Waals surface area (Å²) >= 11 is 1.36. The van der Waals surface area contributed by atoms with Gasteiger partial charge in [-0.1, -0.05) is 0 Å². The fraction of sp³-hybridized carbons (Fsp3) is 0.562. The average Bonchev–Trinajstić information content (AvgIpc) is 3.13. The van der Waals surface area contributed by atoms with E-state index in [1.54, 1.807) is 10.6 Å². The molecule has 0 aliphatic carbocycles. The first-order valence-electron chi connectivity index (χ1n) is 8.07. The van der Waals surface area contributed by atoms with E-state index in [9.17, 15) is 9.59 Å². The summed E-state index contributed by atoms with van der Waals surface area (Å²) in [5.41, 5.74) is 0.0210. The second-order valence-corrected chi connectivity index (χ2v) is 7.19. The molecule has 0 unspecified atom stereocenters. The normalized spacial score (nSPS) is 25.1. The molecule has 2 fully saturated rings. The lowest BCUT2D eigenvalue weighted by molar-refractivity contribution is -0.00693. The monoisotopic (exact) mass is 333 g/mol. The van der Waals surface area contributed by atoms with Crippen LogP contribution in [0.1, 0.15) is 42.6 Å². The first-order chi connectivity index (χ1) is 11.2. The van der Waals surface area contributed by atoms with Crippen molar-refractivity contribution in [1.82, 2.24) is 14.3 Å². The van der Waals surface area contributed by atoms with E-state index in [1.807, 2.05) is 10.3 Å². The Hall–Kier alpha value is -1.73. The first kappa shape index (κ1) is 14.8. The first-order valence-corrected chi connectivity index (χ1v) is 8.95. The van der Waals surface area contributed by atoms with Gasteiger partial charge < -0.3 is 9.64 Å². The van der Waals surface area contributed by atoms with Crippen molar-refractivity contribution >= 4 is 22.2 Å². The molecule has 2 aromatic heterocycles. The molecule has 6 nitrogen and oxygen atoms in total. The summed E-state index contributed by atoms with van der Waals surface area (Å²) in [6, 6.07) is 1.34. The van der Waals surface area contributed by atoms with E-state index in [0.717, 1.165) is 38.7 Å². The molecular weight excluding hydrogens is 314 g/mol. The lowest BCUT2D eigenvalue weighted by Crippen LogP contribution is -2.35. The Kier molecular flexibility index (Phi) is 3.69. The van der Waals surface area contributed by atoms with Crippen LogP contribution in [-0.4, -0.2) is 45.5 Å². The summed E-state index contributed by atoms with van der Waals surface area (Å²) in [6.45, 7) is 2.23. The summed E-state index contributed by atoms with van der Waals surface area (Å²) < 4.78 is 7.68. The highest BCUT2D eigenvalue weighted by Crippen LogP contribution is 2.35. The van der Waals surface area contributed by atoms with Crippen LogP contribution in [0.5, 0.6) is 0 Å². The number of likely N-dealkylation sites (tertiary alicyclic amines) is 1. The summed E-state index contributed by atoms with van der Waals surface area (Å²) in [5, 5.41) is 1.84. The van der Waals surface area contributed by atoms with E-state index in [1.165, 1.54) is 17.4 Å². The minimum absolute atomic E-state index is 0.0260. The van der Waals surface area contributed by atoms with Crippen LogP contribution in [-0.2, 0) is 4.74 Å². The molecule has 1 atom stereocenters. The molecule has 122 valence electrons. The minimum Gasteiger partial charge on any atom is -0.375 e. The van der Waals surface area contributed by atoms with Gasteiger partial charge in [0.15, 0.2) is 4.96 Å². The van der Waals surface area contributed by atoms with E-state index in [-0.39, 0.29) is 17.1 Å². The number of rotatable bonds is 1. The van der Waals surface area contributed by atoms with Crippen LogP contribution in [0.4, 0.5) is 0 Å². The second kappa shape index (κ2) is 5.72. The zero-order chi connectivity index (χ0) is 15.9. The summed E-state index contributed by atoms with van der Waals surface area (Å²) in [6.07, 6.45) is 6.84. The Labute approximate surface area is 137 Å². The predicted molar refractivity (Wildman–Crippen MR) is 87.0 cm³/mol. The minimum atomic E-state index is -0.360. The summed E-state index contributed by atoms with van der Waals surface area (Å²) in [5.74, 6) is -0.0899. The Morgan fingerprint density at radius 3 is 2.96 bits per heavy atom. The van der Waals surface area contributed by atoms with Crippen molar-refractivity contribution < 1.29 is 9.53 Å². The van der Waals surface area contributed by atoms with Crippen LogP contribution in [0.15, 0.2) is 22.4 Å². The SMILES string of the molecule is O=C(c1cc(=O)nc2sccn12)N1CCC[C@@]2(CCCO2)CC1. The Morgan fingerprint density at radius 1 is 1.26 bits per heavy atom. The Morgan fingerprint density at radius 2 is 2.13 bits per heavy atom. The number of ether oxygens (including phenoxy) is 1. The highest BCUT2D eigenvalue weighted by atomic mass is 32.1. The number of carbonyl (C=O) groups is 1. The zero-order valence-corrected chi connectivity index (χ0v) is 13.7. The molecule has 0 saturated carbocycles. The van der Waals surface area contributed by atoms with Crippen LogP contribution >= 0.6 is 11.3 Å². The molecule has 1 amide bonds. The van der Waals surface area contributed by atoms with Gasteiger partial charge in [-0.25, -0.2) is 0 Å². The van der Waals surface area contributed by atoms with Gasteiger partial charge in [-0.15, -0.1) is 11.3 Å². The number of amides is 1. The Bertz CT molecular complexity index is 791. The van der Waals surface area contributed by atoms with E-state index in [0.29, 0.717) is 23.7 Å². The molecule has 4 rings (SSSR count). The molecular formula is C16H19N3O3S. The number of nitrogens with zero attached hydrogens (tertiary/aromatic N) is 3. The van der Waals surface area contributed by atoms with Gasteiger partial charge in [0.2, 0.25) is 0 Å². The molecule has 4 heterocycles. The van der Waals surface area contributed by atoms with Crippen LogP contribution in [0.25, 0.3) is 4.96 Å². The number of carbonyl (C=O) groups excluding carboxylic acids is 1. The van der Waals surface area contributed by atoms with Crippen molar-refractivity contribution in [3.63, 3.8) is 0 Å². The smallest absolute Gasteiger partial charge is 0.274 e. The maximum absolute atomic E-state index is 12.9. The molecule has 0 bridgehead atoms. The molecule has 1 spiro atoms. The molecule has 2 aliphatic rings. The van der Waals surface area contributed by atoms with Crippen LogP contribution in [0.2, 0.25) is 0 Å². The van der Waals surface area contributed by atoms with Gasteiger partial charge in [0.05, 0.1) is 5.60 Å². The van der Waals surface area contributed by atoms with Gasteiger partial charge in [0, 0.05) is 37.3 Å². The highest BCUT2D eigenvalue weighted by molar-refractivity contribution is 7.15.